The zero-order chi connectivity index (χ0) is 24.4. The van der Waals surface area contributed by atoms with Gasteiger partial charge in [0.2, 0.25) is 11.8 Å². The zero-order valence-corrected chi connectivity index (χ0v) is 20.7. The lowest BCUT2D eigenvalue weighted by Crippen LogP contribution is -2.55. The van der Waals surface area contributed by atoms with Crippen molar-refractivity contribution in [1.29, 1.82) is 0 Å². The van der Waals surface area contributed by atoms with Gasteiger partial charge in [-0.3, -0.25) is 14.4 Å². The van der Waals surface area contributed by atoms with Gasteiger partial charge in [0.05, 0.1) is 0 Å². The van der Waals surface area contributed by atoms with Gasteiger partial charge in [-0.25, -0.2) is 0 Å². The summed E-state index contributed by atoms with van der Waals surface area (Å²) in [5.74, 6) is 2.85. The van der Waals surface area contributed by atoms with Crippen LogP contribution in [0.5, 0.6) is 0 Å². The topological polar surface area (TPSA) is 134 Å². The fourth-order valence-electron chi connectivity index (χ4n) is 11.2. The first kappa shape index (κ1) is 21.9. The number of hydrogen-bond acceptors (Lipinski definition) is 3. The van der Waals surface area contributed by atoms with Crippen molar-refractivity contribution in [3.63, 3.8) is 0 Å². The van der Waals surface area contributed by atoms with E-state index in [1.165, 1.54) is 5.69 Å². The van der Waals surface area contributed by atoms with Crippen LogP contribution < -0.4 is 17.2 Å². The molecule has 0 aliphatic heterocycles. The van der Waals surface area contributed by atoms with Crippen LogP contribution in [0.1, 0.15) is 97.8 Å². The maximum absolute atomic E-state index is 12.9. The average Bonchev–Trinajstić information content (AvgIpc) is 3.09. The van der Waals surface area contributed by atoms with E-state index in [2.05, 4.69) is 10.6 Å². The number of hydrogen-bond donors (Lipinski definition) is 3. The molecule has 35 heavy (non-hydrogen) atoms. The van der Waals surface area contributed by atoms with Gasteiger partial charge in [0, 0.05) is 29.5 Å². The molecule has 0 saturated heterocycles. The molecule has 4 atom stereocenters. The summed E-state index contributed by atoms with van der Waals surface area (Å²) in [6, 6.07) is 2.31. The van der Waals surface area contributed by atoms with Crippen molar-refractivity contribution < 1.29 is 14.4 Å². The summed E-state index contributed by atoms with van der Waals surface area (Å²) in [4.78, 5) is 37.8. The van der Waals surface area contributed by atoms with Crippen LogP contribution in [0.25, 0.3) is 0 Å². The minimum Gasteiger partial charge on any atom is -0.369 e. The van der Waals surface area contributed by atoms with Crippen molar-refractivity contribution in [2.75, 3.05) is 0 Å². The Morgan fingerprint density at radius 2 is 1.17 bits per heavy atom. The first-order valence-electron chi connectivity index (χ1n) is 13.7. The number of carbonyl (C=O) groups excluding carboxylic acids is 3. The number of rotatable bonds is 5. The van der Waals surface area contributed by atoms with Gasteiger partial charge in [-0.05, 0) is 117 Å². The van der Waals surface area contributed by atoms with Crippen molar-refractivity contribution in [3.8, 4) is 0 Å². The Balaban J connectivity index is 1.28. The van der Waals surface area contributed by atoms with E-state index < -0.39 is 0 Å². The van der Waals surface area contributed by atoms with Crippen LogP contribution in [-0.2, 0) is 16.6 Å². The number of amides is 3. The Kier molecular flexibility index (Phi) is 4.33. The lowest BCUT2D eigenvalue weighted by Gasteiger charge is -2.59. The summed E-state index contributed by atoms with van der Waals surface area (Å²) >= 11 is 0. The third-order valence-electron chi connectivity index (χ3n) is 11.8. The van der Waals surface area contributed by atoms with Gasteiger partial charge >= 0.3 is 0 Å². The van der Waals surface area contributed by atoms with E-state index in [0.717, 1.165) is 69.8 Å². The van der Waals surface area contributed by atoms with Crippen molar-refractivity contribution >= 4 is 17.7 Å². The third kappa shape index (κ3) is 2.81. The Bertz CT molecular complexity index is 1120. The van der Waals surface area contributed by atoms with Crippen LogP contribution in [0.3, 0.4) is 0 Å². The highest BCUT2D eigenvalue weighted by molar-refractivity contribution is 5.93. The standard InChI is InChI=1S/C28H38N4O3/c1-32-20(22-17-4-14-5-18(22)12-28(8-14,11-17)26(31)35)6-19(23(32)24(29)33)21-15-2-13-3-16(21)10-27(7-13,9-15)25(30)34/h6,13-18,21-22H,2-5,7-12H2,1H3,(H2,29,33)(H2,30,34)(H2,31,35). The smallest absolute Gasteiger partial charge is 0.265 e. The number of nitrogens with two attached hydrogens (primary N) is 3. The largest absolute Gasteiger partial charge is 0.369 e. The highest BCUT2D eigenvalue weighted by Gasteiger charge is 2.60. The molecule has 0 spiro atoms. The first-order chi connectivity index (χ1) is 16.6. The predicted octanol–water partition coefficient (Wildman–Crippen LogP) is 2.91. The molecule has 8 fully saturated rings. The minimum atomic E-state index is -0.357. The summed E-state index contributed by atoms with van der Waals surface area (Å²) in [5.41, 5.74) is 20.2. The lowest BCUT2D eigenvalue weighted by atomic mass is 9.45. The average molecular weight is 479 g/mol. The quantitative estimate of drug-likeness (QED) is 0.600. The van der Waals surface area contributed by atoms with Crippen molar-refractivity contribution in [1.82, 2.24) is 4.57 Å². The maximum Gasteiger partial charge on any atom is 0.265 e. The predicted molar refractivity (Wildman–Crippen MR) is 130 cm³/mol. The van der Waals surface area contributed by atoms with Crippen molar-refractivity contribution in [3.05, 3.63) is 23.0 Å². The van der Waals surface area contributed by atoms with Crippen LogP contribution in [0.2, 0.25) is 0 Å². The number of carbonyl (C=O) groups is 3. The summed E-state index contributed by atoms with van der Waals surface area (Å²) in [7, 11) is 2.01. The molecule has 8 saturated carbocycles. The van der Waals surface area contributed by atoms with Gasteiger partial charge < -0.3 is 21.8 Å². The molecule has 7 nitrogen and oxygen atoms in total. The first-order valence-corrected chi connectivity index (χ1v) is 13.7. The molecule has 1 aromatic heterocycles. The second-order valence-corrected chi connectivity index (χ2v) is 13.6. The van der Waals surface area contributed by atoms with Crippen molar-refractivity contribution in [2.24, 2.45) is 70.6 Å². The Morgan fingerprint density at radius 3 is 1.57 bits per heavy atom. The molecule has 9 rings (SSSR count). The Morgan fingerprint density at radius 1 is 0.743 bits per heavy atom. The van der Waals surface area contributed by atoms with Crippen molar-refractivity contribution in [2.45, 2.75) is 76.0 Å². The van der Waals surface area contributed by atoms with Crippen LogP contribution in [0.4, 0.5) is 0 Å². The summed E-state index contributed by atoms with van der Waals surface area (Å²) in [6.45, 7) is 0. The normalized spacial score (nSPS) is 46.8. The second-order valence-electron chi connectivity index (χ2n) is 13.6. The fourth-order valence-corrected chi connectivity index (χ4v) is 11.2. The molecule has 1 aromatic rings. The van der Waals surface area contributed by atoms with Gasteiger partial charge in [-0.2, -0.15) is 0 Å². The molecule has 8 aliphatic rings. The minimum absolute atomic E-state index is 0.113. The lowest BCUT2D eigenvalue weighted by molar-refractivity contribution is -0.145. The SMILES string of the molecule is Cn1c(C2C3CC4CC2CC(C(N)=O)(C4)C3)cc(C2C3CC4CC2CC(C(N)=O)(C4)C3)c1C(N)=O. The van der Waals surface area contributed by atoms with E-state index in [1.54, 1.807) is 0 Å². The summed E-state index contributed by atoms with van der Waals surface area (Å²) < 4.78 is 2.09. The van der Waals surface area contributed by atoms with E-state index in [1.807, 2.05) is 7.05 Å². The van der Waals surface area contributed by atoms with Crippen LogP contribution in [0, 0.1) is 46.3 Å². The van der Waals surface area contributed by atoms with Gasteiger partial charge in [0.25, 0.3) is 5.91 Å². The van der Waals surface area contributed by atoms with Gasteiger partial charge in [0.1, 0.15) is 5.69 Å². The summed E-state index contributed by atoms with van der Waals surface area (Å²) in [5, 5.41) is 0. The molecule has 8 bridgehead atoms. The molecule has 0 aromatic carbocycles. The van der Waals surface area contributed by atoms with Crippen LogP contribution >= 0.6 is 0 Å². The van der Waals surface area contributed by atoms with E-state index in [9.17, 15) is 14.4 Å². The van der Waals surface area contributed by atoms with Gasteiger partial charge in [-0.15, -0.1) is 0 Å². The molecular formula is C28H38N4O3. The van der Waals surface area contributed by atoms with E-state index >= 15 is 0 Å². The van der Waals surface area contributed by atoms with Gasteiger partial charge in [0.15, 0.2) is 0 Å². The van der Waals surface area contributed by atoms with Crippen LogP contribution in [0.15, 0.2) is 6.07 Å². The molecule has 6 N–H and O–H groups in total. The van der Waals surface area contributed by atoms with Crippen LogP contribution in [-0.4, -0.2) is 22.3 Å². The third-order valence-corrected chi connectivity index (χ3v) is 11.8. The van der Waals surface area contributed by atoms with E-state index in [-0.39, 0.29) is 34.5 Å². The highest BCUT2D eigenvalue weighted by Crippen LogP contribution is 2.67. The van der Waals surface area contributed by atoms with E-state index in [0.29, 0.717) is 47.1 Å². The number of aromatic nitrogens is 1. The van der Waals surface area contributed by atoms with E-state index in [4.69, 9.17) is 17.2 Å². The Hall–Kier alpha value is -2.31. The highest BCUT2D eigenvalue weighted by atomic mass is 16.2. The Labute approximate surface area is 206 Å². The fraction of sp³-hybridized carbons (Fsp3) is 0.750. The summed E-state index contributed by atoms with van der Waals surface area (Å²) in [6.07, 6.45) is 9.90. The molecule has 0 radical (unpaired) electrons. The monoisotopic (exact) mass is 478 g/mol. The maximum atomic E-state index is 12.9. The number of nitrogens with zero attached hydrogens (tertiary/aromatic N) is 1. The molecule has 4 unspecified atom stereocenters. The molecule has 1 heterocycles. The second kappa shape index (κ2) is 6.92. The molecular weight excluding hydrogens is 440 g/mol. The molecule has 7 heteroatoms. The molecule has 8 aliphatic carbocycles. The zero-order valence-electron chi connectivity index (χ0n) is 20.7. The molecule has 3 amide bonds. The number of primary amides is 3. The molecule has 188 valence electrons. The van der Waals surface area contributed by atoms with Gasteiger partial charge in [-0.1, -0.05) is 0 Å².